The second-order valence-corrected chi connectivity index (χ2v) is 7.32. The number of anilines is 1. The number of hydrogen-bond donors (Lipinski definition) is 1. The van der Waals surface area contributed by atoms with Crippen LogP contribution in [0.2, 0.25) is 0 Å². The molecular weight excluding hydrogens is 403 g/mol. The number of halogens is 1. The minimum atomic E-state index is -0.391. The van der Waals surface area contributed by atoms with Crippen LogP contribution in [0.5, 0.6) is 0 Å². The molecule has 0 aliphatic carbocycles. The first-order valence-corrected chi connectivity index (χ1v) is 10.4. The van der Waals surface area contributed by atoms with E-state index < -0.39 is 5.82 Å². The zero-order chi connectivity index (χ0) is 21.5. The molecule has 0 aliphatic rings. The van der Waals surface area contributed by atoms with Gasteiger partial charge in [0.2, 0.25) is 5.91 Å². The Labute approximate surface area is 178 Å². The lowest BCUT2D eigenvalue weighted by Crippen LogP contribution is -2.10. The Morgan fingerprint density at radius 3 is 2.57 bits per heavy atom. The number of nitrogens with zero attached hydrogens (tertiary/aromatic N) is 3. The Morgan fingerprint density at radius 2 is 1.90 bits per heavy atom. The molecule has 154 valence electrons. The molecule has 0 saturated heterocycles. The minimum absolute atomic E-state index is 0.0863. The highest BCUT2D eigenvalue weighted by Gasteiger charge is 2.17. The van der Waals surface area contributed by atoms with Crippen LogP contribution in [-0.4, -0.2) is 32.2 Å². The molecule has 6 nitrogen and oxygen atoms in total. The van der Waals surface area contributed by atoms with Gasteiger partial charge in [-0.2, -0.15) is 0 Å². The van der Waals surface area contributed by atoms with Gasteiger partial charge in [-0.15, -0.1) is 16.8 Å². The topological polar surface area (TPSA) is 76.9 Å². The normalized spacial score (nSPS) is 10.6. The van der Waals surface area contributed by atoms with E-state index in [-0.39, 0.29) is 17.4 Å². The minimum Gasteiger partial charge on any atom is -0.326 e. The first-order chi connectivity index (χ1) is 14.5. The first-order valence-electron chi connectivity index (χ1n) is 9.38. The van der Waals surface area contributed by atoms with E-state index in [0.29, 0.717) is 40.8 Å². The summed E-state index contributed by atoms with van der Waals surface area (Å²) in [6, 6.07) is 13.1. The number of carbonyl (C=O) groups excluding carboxylic acids is 2. The Balaban J connectivity index is 1.72. The quantitative estimate of drug-likeness (QED) is 0.309. The molecule has 3 rings (SSSR count). The predicted molar refractivity (Wildman–Crippen MR) is 116 cm³/mol. The van der Waals surface area contributed by atoms with Crippen molar-refractivity contribution in [2.24, 2.45) is 0 Å². The standard InChI is InChI=1S/C22H21FN4O2S/c1-3-13-27-21(17-7-5-6-8-18(17)23)25-26-22(27)30-14-19(28)15-9-11-16(12-10-15)24-20(29)4-2/h3,5-12H,1,4,13-14H2,2H3,(H,24,29). The molecular formula is C22H21FN4O2S. The Hall–Kier alpha value is -3.26. The highest BCUT2D eigenvalue weighted by atomic mass is 32.2. The molecule has 3 aromatic rings. The van der Waals surface area contributed by atoms with Gasteiger partial charge in [-0.05, 0) is 36.4 Å². The maximum Gasteiger partial charge on any atom is 0.224 e. The molecule has 0 saturated carbocycles. The summed E-state index contributed by atoms with van der Waals surface area (Å²) in [6.07, 6.45) is 2.06. The van der Waals surface area contributed by atoms with Gasteiger partial charge in [0.05, 0.1) is 11.3 Å². The van der Waals surface area contributed by atoms with E-state index >= 15 is 0 Å². The average Bonchev–Trinajstić information content (AvgIpc) is 3.15. The predicted octanol–water partition coefficient (Wildman–Crippen LogP) is 4.59. The molecule has 0 atom stereocenters. The van der Waals surface area contributed by atoms with E-state index in [2.05, 4.69) is 22.1 Å². The number of allylic oxidation sites excluding steroid dienone is 1. The van der Waals surface area contributed by atoms with Crippen molar-refractivity contribution < 1.29 is 14.0 Å². The third kappa shape index (κ3) is 5.01. The van der Waals surface area contributed by atoms with Crippen molar-refractivity contribution in [2.75, 3.05) is 11.1 Å². The van der Waals surface area contributed by atoms with E-state index in [1.165, 1.54) is 17.8 Å². The summed E-state index contributed by atoms with van der Waals surface area (Å²) in [5.74, 6) is -0.0319. The number of benzene rings is 2. The Bertz CT molecular complexity index is 1060. The van der Waals surface area contributed by atoms with Crippen molar-refractivity contribution in [1.82, 2.24) is 14.8 Å². The lowest BCUT2D eigenvalue weighted by Gasteiger charge is -2.08. The molecule has 1 amide bonds. The van der Waals surface area contributed by atoms with Crippen molar-refractivity contribution in [2.45, 2.75) is 25.0 Å². The van der Waals surface area contributed by atoms with Crippen LogP contribution in [0.1, 0.15) is 23.7 Å². The summed E-state index contributed by atoms with van der Waals surface area (Å²) < 4.78 is 15.9. The van der Waals surface area contributed by atoms with Gasteiger partial charge >= 0.3 is 0 Å². The van der Waals surface area contributed by atoms with Crippen molar-refractivity contribution in [1.29, 1.82) is 0 Å². The van der Waals surface area contributed by atoms with Gasteiger partial charge in [-0.1, -0.05) is 36.9 Å². The van der Waals surface area contributed by atoms with Crippen LogP contribution < -0.4 is 5.32 Å². The van der Waals surface area contributed by atoms with Gasteiger partial charge in [0.25, 0.3) is 0 Å². The molecule has 0 fully saturated rings. The number of nitrogens with one attached hydrogen (secondary N) is 1. The lowest BCUT2D eigenvalue weighted by atomic mass is 10.1. The fraction of sp³-hybridized carbons (Fsp3) is 0.182. The van der Waals surface area contributed by atoms with E-state index in [4.69, 9.17) is 0 Å². The number of Topliss-reactive ketones (excluding diaryl/α,β-unsaturated/α-hetero) is 1. The zero-order valence-corrected chi connectivity index (χ0v) is 17.3. The van der Waals surface area contributed by atoms with Crippen LogP contribution in [0.3, 0.4) is 0 Å². The number of amides is 1. The van der Waals surface area contributed by atoms with Crippen LogP contribution >= 0.6 is 11.8 Å². The molecule has 0 aliphatic heterocycles. The van der Waals surface area contributed by atoms with Crippen LogP contribution in [0, 0.1) is 5.82 Å². The Morgan fingerprint density at radius 1 is 1.17 bits per heavy atom. The van der Waals surface area contributed by atoms with Crippen LogP contribution in [0.25, 0.3) is 11.4 Å². The number of aromatic nitrogens is 3. The van der Waals surface area contributed by atoms with E-state index in [9.17, 15) is 14.0 Å². The van der Waals surface area contributed by atoms with Gasteiger partial charge in [-0.25, -0.2) is 4.39 Å². The lowest BCUT2D eigenvalue weighted by molar-refractivity contribution is -0.115. The van der Waals surface area contributed by atoms with Crippen LogP contribution in [0.15, 0.2) is 66.3 Å². The number of carbonyl (C=O) groups is 2. The number of thioether (sulfide) groups is 1. The number of ketones is 1. The fourth-order valence-electron chi connectivity index (χ4n) is 2.73. The maximum absolute atomic E-state index is 14.2. The van der Waals surface area contributed by atoms with Crippen LogP contribution in [-0.2, 0) is 11.3 Å². The van der Waals surface area contributed by atoms with Gasteiger partial charge < -0.3 is 5.32 Å². The monoisotopic (exact) mass is 424 g/mol. The molecule has 1 heterocycles. The summed E-state index contributed by atoms with van der Waals surface area (Å²) in [5.41, 5.74) is 1.52. The molecule has 0 radical (unpaired) electrons. The number of rotatable bonds is 9. The van der Waals surface area contributed by atoms with Crippen LogP contribution in [0.4, 0.5) is 10.1 Å². The highest BCUT2D eigenvalue weighted by molar-refractivity contribution is 7.99. The molecule has 1 aromatic heterocycles. The summed E-state index contributed by atoms with van der Waals surface area (Å²) in [6.45, 7) is 5.89. The van der Waals surface area contributed by atoms with Gasteiger partial charge in [0.1, 0.15) is 5.82 Å². The van der Waals surface area contributed by atoms with Crippen molar-refractivity contribution in [3.63, 3.8) is 0 Å². The zero-order valence-electron chi connectivity index (χ0n) is 16.5. The largest absolute Gasteiger partial charge is 0.326 e. The van der Waals surface area contributed by atoms with E-state index in [0.717, 1.165) is 0 Å². The third-order valence-corrected chi connectivity index (χ3v) is 5.25. The fourth-order valence-corrected chi connectivity index (χ4v) is 3.58. The van der Waals surface area contributed by atoms with Crippen molar-refractivity contribution in [3.8, 4) is 11.4 Å². The second-order valence-electron chi connectivity index (χ2n) is 6.38. The second kappa shape index (κ2) is 9.98. The smallest absolute Gasteiger partial charge is 0.224 e. The summed E-state index contributed by atoms with van der Waals surface area (Å²) >= 11 is 1.23. The average molecular weight is 425 g/mol. The maximum atomic E-state index is 14.2. The summed E-state index contributed by atoms with van der Waals surface area (Å²) in [5, 5.41) is 11.5. The molecule has 1 N–H and O–H groups in total. The van der Waals surface area contributed by atoms with E-state index in [1.807, 2.05) is 0 Å². The van der Waals surface area contributed by atoms with Gasteiger partial charge in [0.15, 0.2) is 16.8 Å². The molecule has 8 heteroatoms. The Kier molecular flexibility index (Phi) is 7.13. The molecule has 0 unspecified atom stereocenters. The SMILES string of the molecule is C=CCn1c(SCC(=O)c2ccc(NC(=O)CC)cc2)nnc1-c1ccccc1F. The highest BCUT2D eigenvalue weighted by Crippen LogP contribution is 2.26. The summed E-state index contributed by atoms with van der Waals surface area (Å²) in [4.78, 5) is 24.0. The van der Waals surface area contributed by atoms with Crippen molar-refractivity contribution >= 4 is 29.1 Å². The number of hydrogen-bond acceptors (Lipinski definition) is 5. The van der Waals surface area contributed by atoms with Gasteiger partial charge in [0, 0.05) is 24.2 Å². The molecule has 2 aromatic carbocycles. The first kappa shape index (κ1) is 21.4. The van der Waals surface area contributed by atoms with Gasteiger partial charge in [-0.3, -0.25) is 14.2 Å². The molecule has 0 spiro atoms. The van der Waals surface area contributed by atoms with Crippen molar-refractivity contribution in [3.05, 3.63) is 72.6 Å². The third-order valence-electron chi connectivity index (χ3n) is 4.29. The molecule has 30 heavy (non-hydrogen) atoms. The van der Waals surface area contributed by atoms with E-state index in [1.54, 1.807) is 60.0 Å². The summed E-state index contributed by atoms with van der Waals surface area (Å²) in [7, 11) is 0. The molecule has 0 bridgehead atoms.